The Bertz CT molecular complexity index is 1050. The maximum absolute atomic E-state index is 12.5. The number of rotatable bonds is 11. The Morgan fingerprint density at radius 1 is 1.03 bits per heavy atom. The van der Waals surface area contributed by atoms with Crippen molar-refractivity contribution >= 4 is 35.1 Å². The highest BCUT2D eigenvalue weighted by atomic mass is 16.5. The van der Waals surface area contributed by atoms with Crippen molar-refractivity contribution in [1.29, 1.82) is 0 Å². The van der Waals surface area contributed by atoms with E-state index >= 15 is 0 Å². The molecule has 1 fully saturated rings. The van der Waals surface area contributed by atoms with Gasteiger partial charge in [-0.05, 0) is 49.7 Å². The monoisotopic (exact) mass is 482 g/mol. The number of unbranched alkanes of at least 4 members (excludes halogenated alkanes) is 1. The Balaban J connectivity index is 1.48. The highest BCUT2D eigenvalue weighted by Gasteiger charge is 2.37. The number of carbonyl (C=O) groups excluding carboxylic acids is 4. The van der Waals surface area contributed by atoms with E-state index in [1.165, 1.54) is 4.90 Å². The molecule has 0 saturated carbocycles. The summed E-state index contributed by atoms with van der Waals surface area (Å²) in [4.78, 5) is 50.7. The smallest absolute Gasteiger partial charge is 0.338 e. The van der Waals surface area contributed by atoms with Crippen LogP contribution in [0.15, 0.2) is 48.5 Å². The lowest BCUT2D eigenvalue weighted by Crippen LogP contribution is -2.28. The zero-order chi connectivity index (χ0) is 25.2. The lowest BCUT2D eigenvalue weighted by Gasteiger charge is -2.19. The summed E-state index contributed by atoms with van der Waals surface area (Å²) in [6.45, 7) is 4.34. The van der Waals surface area contributed by atoms with Crippen molar-refractivity contribution in [2.24, 2.45) is 5.92 Å². The molecule has 0 aromatic heterocycles. The molecule has 0 bridgehead atoms. The first-order chi connectivity index (χ1) is 16.9. The quantitative estimate of drug-likeness (QED) is 0.385. The van der Waals surface area contributed by atoms with Crippen LogP contribution in [0, 0.1) is 5.92 Å². The number of anilines is 2. The highest BCUT2D eigenvalue weighted by Crippen LogP contribution is 2.33. The van der Waals surface area contributed by atoms with Gasteiger partial charge in [-0.25, -0.2) is 4.79 Å². The Hall–Kier alpha value is -3.88. The Kier molecular flexibility index (Phi) is 9.23. The van der Waals surface area contributed by atoms with Gasteiger partial charge in [0.05, 0.1) is 30.4 Å². The van der Waals surface area contributed by atoms with E-state index in [2.05, 4.69) is 5.32 Å². The summed E-state index contributed by atoms with van der Waals surface area (Å²) in [5.74, 6) is -1.89. The van der Waals surface area contributed by atoms with Gasteiger partial charge in [-0.2, -0.15) is 0 Å². The first-order valence-electron chi connectivity index (χ1n) is 11.7. The number of nitrogens with one attached hydrogen (secondary N) is 1. The van der Waals surface area contributed by atoms with Crippen LogP contribution in [0.4, 0.5) is 11.4 Å². The summed E-state index contributed by atoms with van der Waals surface area (Å²) >= 11 is 0. The van der Waals surface area contributed by atoms with E-state index in [0.29, 0.717) is 35.9 Å². The number of nitrogens with zero attached hydrogens (tertiary/aromatic N) is 1. The van der Waals surface area contributed by atoms with Crippen LogP contribution in [0.1, 0.15) is 43.5 Å². The molecule has 9 heteroatoms. The van der Waals surface area contributed by atoms with Crippen LogP contribution in [-0.4, -0.2) is 50.1 Å². The first-order valence-corrected chi connectivity index (χ1v) is 11.7. The molecule has 1 saturated heterocycles. The average Bonchev–Trinajstić information content (AvgIpc) is 3.25. The number of hydrogen-bond donors (Lipinski definition) is 1. The summed E-state index contributed by atoms with van der Waals surface area (Å²) in [6.07, 6.45) is 1.73. The second-order valence-electron chi connectivity index (χ2n) is 8.03. The van der Waals surface area contributed by atoms with Crippen molar-refractivity contribution in [2.45, 2.75) is 33.1 Å². The van der Waals surface area contributed by atoms with Crippen molar-refractivity contribution < 1.29 is 33.4 Å². The molecule has 0 radical (unpaired) electrons. The minimum Gasteiger partial charge on any atom is -0.492 e. The SMILES string of the molecule is CCCCOC(=O)c1ccc(NC(=O)COC(=O)[C@@H]2CC(=O)N(c3ccccc3OCC)C2)cc1. The third-order valence-electron chi connectivity index (χ3n) is 5.40. The molecule has 0 unspecified atom stereocenters. The van der Waals surface area contributed by atoms with Crippen molar-refractivity contribution in [3.63, 3.8) is 0 Å². The van der Waals surface area contributed by atoms with Crippen LogP contribution < -0.4 is 15.0 Å². The van der Waals surface area contributed by atoms with Crippen LogP contribution in [0.2, 0.25) is 0 Å². The molecule has 1 atom stereocenters. The largest absolute Gasteiger partial charge is 0.492 e. The third-order valence-corrected chi connectivity index (χ3v) is 5.40. The minimum atomic E-state index is -0.678. The zero-order valence-electron chi connectivity index (χ0n) is 20.0. The molecule has 3 rings (SSSR count). The average molecular weight is 483 g/mol. The molecule has 186 valence electrons. The van der Waals surface area contributed by atoms with Crippen molar-refractivity contribution in [3.8, 4) is 5.75 Å². The van der Waals surface area contributed by atoms with Crippen molar-refractivity contribution in [3.05, 3.63) is 54.1 Å². The van der Waals surface area contributed by atoms with E-state index in [4.69, 9.17) is 14.2 Å². The summed E-state index contributed by atoms with van der Waals surface area (Å²) in [6, 6.07) is 13.4. The molecule has 35 heavy (non-hydrogen) atoms. The number of carbonyl (C=O) groups is 4. The fourth-order valence-corrected chi connectivity index (χ4v) is 3.59. The van der Waals surface area contributed by atoms with Crippen LogP contribution in [0.5, 0.6) is 5.75 Å². The fraction of sp³-hybridized carbons (Fsp3) is 0.385. The van der Waals surface area contributed by atoms with Gasteiger partial charge in [-0.1, -0.05) is 25.5 Å². The third kappa shape index (κ3) is 7.05. The van der Waals surface area contributed by atoms with Gasteiger partial charge < -0.3 is 24.4 Å². The number of ether oxygens (including phenoxy) is 3. The minimum absolute atomic E-state index is 0.00324. The standard InChI is InChI=1S/C26H30N2O7/c1-3-5-14-34-25(31)18-10-12-20(13-11-18)27-23(29)17-35-26(32)19-15-24(30)28(16-19)21-8-6-7-9-22(21)33-4-2/h6-13,19H,3-5,14-17H2,1-2H3,(H,27,29)/t19-/m1/s1. The maximum atomic E-state index is 12.5. The molecule has 2 aromatic rings. The van der Waals surface area contributed by atoms with E-state index in [1.54, 1.807) is 42.5 Å². The van der Waals surface area contributed by atoms with Gasteiger partial charge in [-0.3, -0.25) is 14.4 Å². The van der Waals surface area contributed by atoms with Gasteiger partial charge >= 0.3 is 11.9 Å². The number of benzene rings is 2. The van der Waals surface area contributed by atoms with Crippen LogP contribution in [0.25, 0.3) is 0 Å². The van der Waals surface area contributed by atoms with Gasteiger partial charge in [0.15, 0.2) is 6.61 Å². The van der Waals surface area contributed by atoms with Gasteiger partial charge in [-0.15, -0.1) is 0 Å². The number of para-hydroxylation sites is 2. The Morgan fingerprint density at radius 2 is 1.77 bits per heavy atom. The van der Waals surface area contributed by atoms with E-state index in [0.717, 1.165) is 12.8 Å². The molecule has 2 aromatic carbocycles. The van der Waals surface area contributed by atoms with Gasteiger partial charge in [0.25, 0.3) is 5.91 Å². The predicted molar refractivity (Wildman–Crippen MR) is 129 cm³/mol. The summed E-state index contributed by atoms with van der Waals surface area (Å²) < 4.78 is 15.9. The second-order valence-corrected chi connectivity index (χ2v) is 8.03. The maximum Gasteiger partial charge on any atom is 0.338 e. The molecule has 0 spiro atoms. The van der Waals surface area contributed by atoms with Crippen molar-refractivity contribution in [2.75, 3.05) is 36.6 Å². The topological polar surface area (TPSA) is 111 Å². The molecular weight excluding hydrogens is 452 g/mol. The summed E-state index contributed by atoms with van der Waals surface area (Å²) in [7, 11) is 0. The normalized spacial score (nSPS) is 15.0. The predicted octanol–water partition coefficient (Wildman–Crippen LogP) is 3.58. The molecule has 1 aliphatic rings. The zero-order valence-corrected chi connectivity index (χ0v) is 20.0. The van der Waals surface area contributed by atoms with Gasteiger partial charge in [0.2, 0.25) is 5.91 Å². The molecule has 2 amide bonds. The number of hydrogen-bond acceptors (Lipinski definition) is 7. The molecule has 1 heterocycles. The summed E-state index contributed by atoms with van der Waals surface area (Å²) in [5.41, 5.74) is 1.43. The second kappa shape index (κ2) is 12.5. The molecule has 9 nitrogen and oxygen atoms in total. The van der Waals surface area contributed by atoms with E-state index in [1.807, 2.05) is 19.9 Å². The fourth-order valence-electron chi connectivity index (χ4n) is 3.59. The number of esters is 2. The molecule has 0 aliphatic carbocycles. The van der Waals surface area contributed by atoms with Gasteiger partial charge in [0, 0.05) is 18.7 Å². The summed E-state index contributed by atoms with van der Waals surface area (Å²) in [5, 5.41) is 2.61. The Morgan fingerprint density at radius 3 is 2.49 bits per heavy atom. The highest BCUT2D eigenvalue weighted by molar-refractivity contribution is 6.01. The van der Waals surface area contributed by atoms with E-state index in [9.17, 15) is 19.2 Å². The first kappa shape index (κ1) is 25.7. The molecule has 1 aliphatic heterocycles. The lowest BCUT2D eigenvalue weighted by atomic mass is 10.1. The van der Waals surface area contributed by atoms with Crippen LogP contribution in [0.3, 0.4) is 0 Å². The Labute approximate surface area is 204 Å². The lowest BCUT2D eigenvalue weighted by molar-refractivity contribution is -0.151. The van der Waals surface area contributed by atoms with E-state index < -0.39 is 30.4 Å². The van der Waals surface area contributed by atoms with E-state index in [-0.39, 0.29) is 18.9 Å². The molecule has 1 N–H and O–H groups in total. The van der Waals surface area contributed by atoms with Crippen LogP contribution >= 0.6 is 0 Å². The number of amides is 2. The van der Waals surface area contributed by atoms with Crippen LogP contribution in [-0.2, 0) is 23.9 Å². The van der Waals surface area contributed by atoms with Crippen molar-refractivity contribution in [1.82, 2.24) is 0 Å². The molecular formula is C26H30N2O7. The van der Waals surface area contributed by atoms with Gasteiger partial charge in [0.1, 0.15) is 5.75 Å².